The summed E-state index contributed by atoms with van der Waals surface area (Å²) in [7, 11) is 0. The molecule has 0 spiro atoms. The quantitative estimate of drug-likeness (QED) is 0.190. The Hall–Kier alpha value is -0.300. The Morgan fingerprint density at radius 1 is 0.500 bits per heavy atom. The van der Waals surface area contributed by atoms with E-state index in [-0.39, 0.29) is 0 Å². The second-order valence-corrected chi connectivity index (χ2v) is 11.6. The van der Waals surface area contributed by atoms with Crippen molar-refractivity contribution in [2.75, 3.05) is 0 Å². The number of hydrogen-bond acceptors (Lipinski definition) is 1. The Labute approximate surface area is 194 Å². The van der Waals surface area contributed by atoms with Crippen LogP contribution >= 0.6 is 11.3 Å². The zero-order valence-corrected chi connectivity index (χ0v) is 22.4. The molecule has 30 heavy (non-hydrogen) atoms. The third kappa shape index (κ3) is 9.46. The van der Waals surface area contributed by atoms with E-state index < -0.39 is 0 Å². The van der Waals surface area contributed by atoms with E-state index >= 15 is 0 Å². The molecule has 1 heteroatoms. The highest BCUT2D eigenvalue weighted by molar-refractivity contribution is 7.12. The van der Waals surface area contributed by atoms with Gasteiger partial charge in [-0.3, -0.25) is 0 Å². The molecule has 1 rings (SSSR count). The number of unbranched alkanes of at least 4 members (excludes halogenated alkanes) is 9. The molecular formula is C29H54S. The molecule has 0 saturated carbocycles. The van der Waals surface area contributed by atoms with Gasteiger partial charge in [0, 0.05) is 20.6 Å². The standard InChI is InChI=1S/C29H54S/c1-7-11-15-18-24-28(5,22-14-10-4)26-20-21-27(30-26)29(6,23-17-13-9-3)25-19-16-12-8-2/h20-21H,7-19,22-25H2,1-6H3. The van der Waals surface area contributed by atoms with E-state index in [9.17, 15) is 0 Å². The molecule has 0 nitrogen and oxygen atoms in total. The van der Waals surface area contributed by atoms with Crippen LogP contribution in [-0.2, 0) is 10.8 Å². The minimum Gasteiger partial charge on any atom is -0.144 e. The van der Waals surface area contributed by atoms with Gasteiger partial charge in [-0.2, -0.15) is 0 Å². The molecule has 2 atom stereocenters. The first kappa shape index (κ1) is 27.7. The highest BCUT2D eigenvalue weighted by atomic mass is 32.1. The maximum atomic E-state index is 2.58. The summed E-state index contributed by atoms with van der Waals surface area (Å²) in [5, 5.41) is 0. The van der Waals surface area contributed by atoms with Gasteiger partial charge >= 0.3 is 0 Å². The normalized spacial score (nSPS) is 15.8. The maximum Gasteiger partial charge on any atom is 0.0107 e. The predicted molar refractivity (Wildman–Crippen MR) is 140 cm³/mol. The first-order valence-electron chi connectivity index (χ1n) is 13.6. The lowest BCUT2D eigenvalue weighted by molar-refractivity contribution is 0.371. The second kappa shape index (κ2) is 15.5. The molecule has 2 unspecified atom stereocenters. The molecular weight excluding hydrogens is 380 g/mol. The van der Waals surface area contributed by atoms with Gasteiger partial charge < -0.3 is 0 Å². The van der Waals surface area contributed by atoms with Crippen LogP contribution in [0.15, 0.2) is 12.1 Å². The van der Waals surface area contributed by atoms with Crippen LogP contribution in [0.25, 0.3) is 0 Å². The molecule has 0 amide bonds. The summed E-state index contributed by atoms with van der Waals surface area (Å²) in [6.45, 7) is 14.5. The monoisotopic (exact) mass is 434 g/mol. The van der Waals surface area contributed by atoms with Crippen molar-refractivity contribution >= 4 is 11.3 Å². The van der Waals surface area contributed by atoms with E-state index in [0.29, 0.717) is 10.8 Å². The molecule has 0 bridgehead atoms. The minimum absolute atomic E-state index is 0.388. The van der Waals surface area contributed by atoms with E-state index in [1.54, 1.807) is 9.75 Å². The summed E-state index contributed by atoms with van der Waals surface area (Å²) in [5.41, 5.74) is 0.777. The van der Waals surface area contributed by atoms with Crippen molar-refractivity contribution in [2.24, 2.45) is 0 Å². The molecule has 0 fully saturated rings. The molecule has 1 aromatic rings. The third-order valence-electron chi connectivity index (χ3n) is 7.37. The summed E-state index contributed by atoms with van der Waals surface area (Å²) in [4.78, 5) is 3.36. The molecule has 0 aromatic carbocycles. The Morgan fingerprint density at radius 3 is 1.23 bits per heavy atom. The molecule has 1 heterocycles. The van der Waals surface area contributed by atoms with Gasteiger partial charge in [-0.25, -0.2) is 0 Å². The van der Waals surface area contributed by atoms with Gasteiger partial charge in [0.15, 0.2) is 0 Å². The Balaban J connectivity index is 2.97. The zero-order chi connectivity index (χ0) is 22.3. The van der Waals surface area contributed by atoms with Crippen LogP contribution in [0.4, 0.5) is 0 Å². The third-order valence-corrected chi connectivity index (χ3v) is 9.07. The van der Waals surface area contributed by atoms with Crippen LogP contribution in [0.5, 0.6) is 0 Å². The lowest BCUT2D eigenvalue weighted by Gasteiger charge is -2.31. The minimum atomic E-state index is 0.388. The van der Waals surface area contributed by atoms with Gasteiger partial charge in [0.1, 0.15) is 0 Å². The van der Waals surface area contributed by atoms with Crippen molar-refractivity contribution < 1.29 is 0 Å². The van der Waals surface area contributed by atoms with Crippen LogP contribution in [0, 0.1) is 0 Å². The van der Waals surface area contributed by atoms with Crippen LogP contribution in [-0.4, -0.2) is 0 Å². The lowest BCUT2D eigenvalue weighted by Crippen LogP contribution is -2.22. The lowest BCUT2D eigenvalue weighted by atomic mass is 9.77. The van der Waals surface area contributed by atoms with Crippen molar-refractivity contribution in [3.63, 3.8) is 0 Å². The fourth-order valence-electron chi connectivity index (χ4n) is 4.95. The molecule has 0 radical (unpaired) electrons. The Morgan fingerprint density at radius 2 is 0.833 bits per heavy atom. The molecule has 0 N–H and O–H groups in total. The first-order chi connectivity index (χ1) is 14.5. The fourth-order valence-corrected chi connectivity index (χ4v) is 6.36. The zero-order valence-electron chi connectivity index (χ0n) is 21.6. The van der Waals surface area contributed by atoms with Crippen molar-refractivity contribution in [1.29, 1.82) is 0 Å². The van der Waals surface area contributed by atoms with E-state index in [1.165, 1.54) is 109 Å². The predicted octanol–water partition coefficient (Wildman–Crippen LogP) is 11.0. The van der Waals surface area contributed by atoms with Gasteiger partial charge in [0.05, 0.1) is 0 Å². The second-order valence-electron chi connectivity index (χ2n) is 10.5. The van der Waals surface area contributed by atoms with E-state index in [4.69, 9.17) is 0 Å². The van der Waals surface area contributed by atoms with E-state index in [1.807, 2.05) is 0 Å². The van der Waals surface area contributed by atoms with Gasteiger partial charge in [-0.1, -0.05) is 125 Å². The summed E-state index contributed by atoms with van der Waals surface area (Å²) >= 11 is 2.18. The maximum absolute atomic E-state index is 2.58. The van der Waals surface area contributed by atoms with Gasteiger partial charge in [-0.15, -0.1) is 11.3 Å². The number of rotatable bonds is 19. The van der Waals surface area contributed by atoms with Crippen molar-refractivity contribution in [3.8, 4) is 0 Å². The highest BCUT2D eigenvalue weighted by Gasteiger charge is 2.32. The summed E-state index contributed by atoms with van der Waals surface area (Å²) in [5.74, 6) is 0. The summed E-state index contributed by atoms with van der Waals surface area (Å²) < 4.78 is 0. The highest BCUT2D eigenvalue weighted by Crippen LogP contribution is 2.44. The summed E-state index contributed by atoms with van der Waals surface area (Å²) in [6.07, 6.45) is 23.3. The average Bonchev–Trinajstić information content (AvgIpc) is 3.25. The van der Waals surface area contributed by atoms with Crippen LogP contribution in [0.2, 0.25) is 0 Å². The van der Waals surface area contributed by atoms with Crippen molar-refractivity contribution in [3.05, 3.63) is 21.9 Å². The Bertz CT molecular complexity index is 530. The fraction of sp³-hybridized carbons (Fsp3) is 0.862. The average molecular weight is 435 g/mol. The van der Waals surface area contributed by atoms with Gasteiger partial charge in [0.25, 0.3) is 0 Å². The molecule has 176 valence electrons. The molecule has 0 aliphatic heterocycles. The van der Waals surface area contributed by atoms with E-state index in [2.05, 4.69) is 65.0 Å². The number of hydrogen-bond donors (Lipinski definition) is 0. The van der Waals surface area contributed by atoms with Gasteiger partial charge in [0.2, 0.25) is 0 Å². The SMILES string of the molecule is CCCCCCC(C)(CCCC)c1ccc(C(C)(CCCCC)CCCCCC)s1. The van der Waals surface area contributed by atoms with E-state index in [0.717, 1.165) is 0 Å². The smallest absolute Gasteiger partial charge is 0.0107 e. The molecule has 0 aliphatic carbocycles. The molecule has 0 aliphatic rings. The van der Waals surface area contributed by atoms with Gasteiger partial charge in [-0.05, 0) is 37.8 Å². The van der Waals surface area contributed by atoms with Crippen LogP contribution in [0.3, 0.4) is 0 Å². The summed E-state index contributed by atoms with van der Waals surface area (Å²) in [6, 6.07) is 5.06. The topological polar surface area (TPSA) is 0 Å². The van der Waals surface area contributed by atoms with Crippen LogP contribution in [0.1, 0.15) is 160 Å². The number of thiophene rings is 1. The van der Waals surface area contributed by atoms with Crippen LogP contribution < -0.4 is 0 Å². The van der Waals surface area contributed by atoms with Crippen molar-refractivity contribution in [1.82, 2.24) is 0 Å². The van der Waals surface area contributed by atoms with Crippen molar-refractivity contribution in [2.45, 2.75) is 162 Å². The largest absolute Gasteiger partial charge is 0.144 e. The molecule has 0 saturated heterocycles. The molecule has 1 aromatic heterocycles. The Kier molecular flexibility index (Phi) is 14.3. The first-order valence-corrected chi connectivity index (χ1v) is 14.4.